The van der Waals surface area contributed by atoms with Crippen molar-refractivity contribution >= 4 is 5.97 Å². The van der Waals surface area contributed by atoms with E-state index in [1.807, 2.05) is 26.8 Å². The molecule has 33 heavy (non-hydrogen) atoms. The predicted octanol–water partition coefficient (Wildman–Crippen LogP) is 4.18. The second kappa shape index (κ2) is 8.10. The number of halogens is 1. The summed E-state index contributed by atoms with van der Waals surface area (Å²) in [6.45, 7) is 5.69. The van der Waals surface area contributed by atoms with E-state index in [1.54, 1.807) is 24.3 Å². The molecule has 0 saturated carbocycles. The fourth-order valence-corrected chi connectivity index (χ4v) is 4.78. The van der Waals surface area contributed by atoms with Gasteiger partial charge in [-0.05, 0) is 53.3 Å². The molecule has 0 aliphatic carbocycles. The zero-order valence-corrected chi connectivity index (χ0v) is 18.4. The van der Waals surface area contributed by atoms with Gasteiger partial charge >= 0.3 is 5.97 Å². The lowest BCUT2D eigenvalue weighted by Gasteiger charge is -2.41. The number of nitriles is 1. The highest BCUT2D eigenvalue weighted by Crippen LogP contribution is 2.53. The minimum absolute atomic E-state index is 0.0699. The number of aliphatic carboxylic acids is 1. The summed E-state index contributed by atoms with van der Waals surface area (Å²) in [5.41, 5.74) is 8.92. The van der Waals surface area contributed by atoms with Crippen molar-refractivity contribution in [3.8, 4) is 23.1 Å². The van der Waals surface area contributed by atoms with Gasteiger partial charge in [0, 0.05) is 5.69 Å². The van der Waals surface area contributed by atoms with E-state index in [2.05, 4.69) is 16.3 Å². The second-order valence-electron chi connectivity index (χ2n) is 8.44. The van der Waals surface area contributed by atoms with Crippen LogP contribution in [-0.4, -0.2) is 21.3 Å². The fraction of sp³-hybridized carbons (Fsp3) is 0.240. The highest BCUT2D eigenvalue weighted by atomic mass is 19.1. The number of carboxylic acids is 1. The molecule has 1 aromatic heterocycles. The first-order valence-corrected chi connectivity index (χ1v) is 10.4. The molecule has 0 bridgehead atoms. The molecule has 0 radical (unpaired) electrons. The van der Waals surface area contributed by atoms with Crippen LogP contribution in [0.25, 0.3) is 11.1 Å². The van der Waals surface area contributed by atoms with Gasteiger partial charge in [-0.3, -0.25) is 9.89 Å². The molecule has 8 heteroatoms. The Labute approximate surface area is 190 Å². The summed E-state index contributed by atoms with van der Waals surface area (Å²) in [5, 5.41) is 26.3. The smallest absolute Gasteiger partial charge is 0.307 e. The van der Waals surface area contributed by atoms with Gasteiger partial charge in [-0.25, -0.2) is 4.39 Å². The van der Waals surface area contributed by atoms with E-state index >= 15 is 4.39 Å². The highest BCUT2D eigenvalue weighted by molar-refractivity contribution is 5.73. The number of nitrogens with zero attached hydrogens (tertiary/aromatic N) is 2. The number of hydrogen-bond acceptors (Lipinski definition) is 5. The number of rotatable bonds is 5. The van der Waals surface area contributed by atoms with Gasteiger partial charge in [-0.2, -0.15) is 5.26 Å². The summed E-state index contributed by atoms with van der Waals surface area (Å²) in [6, 6.07) is 13.8. The number of fused-ring (bicyclic) bond motifs is 1. The van der Waals surface area contributed by atoms with Crippen molar-refractivity contribution in [1.82, 2.24) is 10.2 Å². The maximum Gasteiger partial charge on any atom is 0.307 e. The Bertz CT molecular complexity index is 1340. The molecule has 168 valence electrons. The van der Waals surface area contributed by atoms with Crippen LogP contribution in [0.3, 0.4) is 0 Å². The van der Waals surface area contributed by atoms with E-state index in [-0.39, 0.29) is 29.7 Å². The molecule has 7 nitrogen and oxygen atoms in total. The lowest BCUT2D eigenvalue weighted by atomic mass is 9.61. The topological polar surface area (TPSA) is 125 Å². The van der Waals surface area contributed by atoms with Gasteiger partial charge in [0.2, 0.25) is 11.8 Å². The van der Waals surface area contributed by atoms with Gasteiger partial charge in [0.15, 0.2) is 0 Å². The fourth-order valence-electron chi connectivity index (χ4n) is 4.78. The third-order valence-corrected chi connectivity index (χ3v) is 6.10. The highest BCUT2D eigenvalue weighted by Gasteiger charge is 2.50. The molecule has 0 saturated heterocycles. The minimum atomic E-state index is -1.10. The van der Waals surface area contributed by atoms with Crippen LogP contribution in [0.15, 0.2) is 53.9 Å². The average Bonchev–Trinajstić information content (AvgIpc) is 3.12. The maximum absolute atomic E-state index is 15.1. The first-order valence-electron chi connectivity index (χ1n) is 10.4. The Morgan fingerprint density at radius 1 is 1.30 bits per heavy atom. The first kappa shape index (κ1) is 22.1. The summed E-state index contributed by atoms with van der Waals surface area (Å²) in [5.74, 6) is -1.46. The number of carboxylic acid groups (broad SMARTS) is 1. The van der Waals surface area contributed by atoms with Gasteiger partial charge in [-0.1, -0.05) is 38.1 Å². The number of carbonyl (C=O) groups is 1. The van der Waals surface area contributed by atoms with Crippen LogP contribution in [-0.2, 0) is 16.6 Å². The van der Waals surface area contributed by atoms with Gasteiger partial charge in [0.1, 0.15) is 17.5 Å². The number of nitrogens with one attached hydrogen (secondary N) is 1. The third kappa shape index (κ3) is 3.52. The van der Waals surface area contributed by atoms with Crippen molar-refractivity contribution in [3.63, 3.8) is 0 Å². The number of ether oxygens (including phenoxy) is 1. The molecule has 4 rings (SSSR count). The number of H-pyrrole nitrogens is 1. The largest absolute Gasteiger partial charge is 0.481 e. The normalized spacial score (nSPS) is 17.5. The first-order chi connectivity index (χ1) is 15.7. The summed E-state index contributed by atoms with van der Waals surface area (Å²) in [7, 11) is 0. The summed E-state index contributed by atoms with van der Waals surface area (Å²) in [6.07, 6.45) is -0.140. The Morgan fingerprint density at radius 3 is 2.73 bits per heavy atom. The molecule has 4 N–H and O–H groups in total. The number of benzene rings is 2. The average molecular weight is 446 g/mol. The number of aromatic nitrogens is 2. The molecule has 2 heterocycles. The zero-order chi connectivity index (χ0) is 23.9. The van der Waals surface area contributed by atoms with Crippen LogP contribution in [0.2, 0.25) is 0 Å². The van der Waals surface area contributed by atoms with Crippen LogP contribution >= 0.6 is 0 Å². The molecule has 3 aromatic rings. The van der Waals surface area contributed by atoms with E-state index < -0.39 is 17.2 Å². The van der Waals surface area contributed by atoms with Gasteiger partial charge in [-0.15, -0.1) is 5.10 Å². The van der Waals surface area contributed by atoms with Crippen molar-refractivity contribution in [1.29, 1.82) is 5.26 Å². The lowest BCUT2D eigenvalue weighted by Crippen LogP contribution is -2.41. The van der Waals surface area contributed by atoms with Crippen molar-refractivity contribution in [3.05, 3.63) is 82.1 Å². The number of hydrogen-bond donors (Lipinski definition) is 3. The number of aryl methyl sites for hydroxylation is 1. The standard InChI is InChI=1S/C25H23FN4O3/c1-13(2)25(20(12-27)23(28)33-24-22(25)14(3)29-30-24)18-9-17(10-19(26)11-18)16-6-4-5-15(7-16)8-21(31)32/h4-7,9-11,13H,8,28H2,1-3H3,(H,29,30)(H,31,32). The summed E-state index contributed by atoms with van der Waals surface area (Å²) in [4.78, 5) is 11.1. The molecular weight excluding hydrogens is 423 g/mol. The Kier molecular flexibility index (Phi) is 5.42. The molecule has 2 aromatic carbocycles. The van der Waals surface area contributed by atoms with Gasteiger partial charge in [0.25, 0.3) is 0 Å². The van der Waals surface area contributed by atoms with Gasteiger partial charge < -0.3 is 15.6 Å². The summed E-state index contributed by atoms with van der Waals surface area (Å²) < 4.78 is 20.7. The lowest BCUT2D eigenvalue weighted by molar-refractivity contribution is -0.136. The van der Waals surface area contributed by atoms with Gasteiger partial charge in [0.05, 0.1) is 17.4 Å². The number of nitrogens with two attached hydrogens (primary N) is 1. The number of allylic oxidation sites excluding steroid dienone is 1. The molecule has 1 aliphatic rings. The van der Waals surface area contributed by atoms with E-state index in [0.29, 0.717) is 33.5 Å². The molecule has 1 aliphatic heterocycles. The SMILES string of the molecule is Cc1[nH]nc2c1C(c1cc(F)cc(-c3cccc(CC(=O)O)c3)c1)(C(C)C)C(C#N)=C(N)O2. The van der Waals surface area contributed by atoms with E-state index in [4.69, 9.17) is 15.6 Å². The van der Waals surface area contributed by atoms with Crippen molar-refractivity contribution in [2.75, 3.05) is 0 Å². The molecule has 0 fully saturated rings. The Hall–Kier alpha value is -4.12. The van der Waals surface area contributed by atoms with Crippen LogP contribution in [0.4, 0.5) is 4.39 Å². The quantitative estimate of drug-likeness (QED) is 0.540. The van der Waals surface area contributed by atoms with Crippen LogP contribution in [0, 0.1) is 30.0 Å². The van der Waals surface area contributed by atoms with Crippen molar-refractivity contribution < 1.29 is 19.0 Å². The van der Waals surface area contributed by atoms with Crippen LogP contribution in [0.5, 0.6) is 5.88 Å². The second-order valence-corrected chi connectivity index (χ2v) is 8.44. The Morgan fingerprint density at radius 2 is 2.06 bits per heavy atom. The maximum atomic E-state index is 15.1. The zero-order valence-electron chi connectivity index (χ0n) is 18.4. The van der Waals surface area contributed by atoms with E-state index in [0.717, 1.165) is 0 Å². The van der Waals surface area contributed by atoms with Crippen molar-refractivity contribution in [2.24, 2.45) is 11.7 Å². The molecule has 0 amide bonds. The van der Waals surface area contributed by atoms with Crippen LogP contribution in [0.1, 0.15) is 36.2 Å². The van der Waals surface area contributed by atoms with Crippen LogP contribution < -0.4 is 10.5 Å². The molecule has 1 unspecified atom stereocenters. The number of aromatic amines is 1. The molecule has 0 spiro atoms. The molecular formula is C25H23FN4O3. The monoisotopic (exact) mass is 446 g/mol. The Balaban J connectivity index is 2.00. The van der Waals surface area contributed by atoms with E-state index in [9.17, 15) is 10.1 Å². The summed E-state index contributed by atoms with van der Waals surface area (Å²) >= 11 is 0. The minimum Gasteiger partial charge on any atom is -0.481 e. The predicted molar refractivity (Wildman–Crippen MR) is 120 cm³/mol. The van der Waals surface area contributed by atoms with Crippen molar-refractivity contribution in [2.45, 2.75) is 32.6 Å². The molecule has 1 atom stereocenters. The third-order valence-electron chi connectivity index (χ3n) is 6.10. The van der Waals surface area contributed by atoms with E-state index in [1.165, 1.54) is 12.1 Å².